The van der Waals surface area contributed by atoms with Gasteiger partial charge in [0.05, 0.1) is 0 Å². The smallest absolute Gasteiger partial charge is 0.222 e. The molecule has 0 atom stereocenters. The van der Waals surface area contributed by atoms with Crippen LogP contribution in [-0.2, 0) is 17.6 Å². The third-order valence-electron chi connectivity index (χ3n) is 3.73. The number of amides is 1. The van der Waals surface area contributed by atoms with Crippen LogP contribution in [0.2, 0.25) is 0 Å². The molecule has 22 heavy (non-hydrogen) atoms. The summed E-state index contributed by atoms with van der Waals surface area (Å²) in [6.07, 6.45) is 5.68. The number of nitrogens with two attached hydrogens (primary N) is 1. The van der Waals surface area contributed by atoms with Gasteiger partial charge in [0.1, 0.15) is 0 Å². The highest BCUT2D eigenvalue weighted by atomic mass is 16.2. The lowest BCUT2D eigenvalue weighted by atomic mass is 10.1. The average molecular weight is 297 g/mol. The largest absolute Gasteiger partial charge is 0.399 e. The van der Waals surface area contributed by atoms with Crippen molar-refractivity contribution in [3.05, 3.63) is 59.9 Å². The Labute approximate surface area is 132 Å². The van der Waals surface area contributed by atoms with E-state index in [0.29, 0.717) is 6.42 Å². The van der Waals surface area contributed by atoms with E-state index < -0.39 is 0 Å². The summed E-state index contributed by atoms with van der Waals surface area (Å²) in [6, 6.07) is 11.7. The maximum absolute atomic E-state index is 12.3. The molecule has 4 nitrogen and oxygen atoms in total. The molecular formula is C18H23N3O. The SMILES string of the molecule is CCN(CCc1ccncc1)C(=O)CCc1cccc(N)c1. The topological polar surface area (TPSA) is 59.2 Å². The molecule has 0 aliphatic rings. The minimum Gasteiger partial charge on any atom is -0.399 e. The first-order chi connectivity index (χ1) is 10.7. The number of aromatic nitrogens is 1. The van der Waals surface area contributed by atoms with Gasteiger partial charge in [-0.3, -0.25) is 9.78 Å². The number of likely N-dealkylation sites (N-methyl/N-ethyl adjacent to an activating group) is 1. The lowest BCUT2D eigenvalue weighted by molar-refractivity contribution is -0.130. The Bertz CT molecular complexity index is 598. The number of carbonyl (C=O) groups is 1. The molecule has 0 aliphatic heterocycles. The Kier molecular flexibility index (Phi) is 5.95. The van der Waals surface area contributed by atoms with Crippen molar-refractivity contribution in [2.45, 2.75) is 26.2 Å². The fraction of sp³-hybridized carbons (Fsp3) is 0.333. The van der Waals surface area contributed by atoms with E-state index in [1.54, 1.807) is 12.4 Å². The van der Waals surface area contributed by atoms with Crippen LogP contribution >= 0.6 is 0 Å². The maximum atomic E-state index is 12.3. The molecule has 0 fully saturated rings. The number of pyridine rings is 1. The molecule has 0 aliphatic carbocycles. The monoisotopic (exact) mass is 297 g/mol. The second-order valence-corrected chi connectivity index (χ2v) is 5.32. The lowest BCUT2D eigenvalue weighted by Crippen LogP contribution is -2.32. The summed E-state index contributed by atoms with van der Waals surface area (Å²) >= 11 is 0. The Morgan fingerprint density at radius 1 is 1.14 bits per heavy atom. The van der Waals surface area contributed by atoms with E-state index in [1.165, 1.54) is 5.56 Å². The molecule has 0 spiro atoms. The zero-order valence-electron chi connectivity index (χ0n) is 13.0. The van der Waals surface area contributed by atoms with Crippen molar-refractivity contribution in [1.29, 1.82) is 0 Å². The Morgan fingerprint density at radius 3 is 2.59 bits per heavy atom. The van der Waals surface area contributed by atoms with Gasteiger partial charge in [-0.25, -0.2) is 0 Å². The molecule has 2 N–H and O–H groups in total. The van der Waals surface area contributed by atoms with E-state index in [4.69, 9.17) is 5.73 Å². The predicted molar refractivity (Wildman–Crippen MR) is 89.4 cm³/mol. The standard InChI is InChI=1S/C18H23N3O/c1-2-21(13-10-15-8-11-20-12-9-15)18(22)7-6-16-4-3-5-17(19)14-16/h3-5,8-9,11-12,14H,2,6-7,10,13,19H2,1H3. The van der Waals surface area contributed by atoms with Crippen molar-refractivity contribution in [2.24, 2.45) is 0 Å². The van der Waals surface area contributed by atoms with Crippen LogP contribution in [0.5, 0.6) is 0 Å². The first-order valence-corrected chi connectivity index (χ1v) is 7.70. The first-order valence-electron chi connectivity index (χ1n) is 7.70. The Hall–Kier alpha value is -2.36. The van der Waals surface area contributed by atoms with Gasteiger partial charge in [-0.05, 0) is 55.2 Å². The number of anilines is 1. The van der Waals surface area contributed by atoms with Crippen LogP contribution in [0.25, 0.3) is 0 Å². The molecule has 0 radical (unpaired) electrons. The molecule has 0 saturated carbocycles. The molecule has 116 valence electrons. The van der Waals surface area contributed by atoms with Gasteiger partial charge in [-0.1, -0.05) is 12.1 Å². The zero-order valence-corrected chi connectivity index (χ0v) is 13.0. The van der Waals surface area contributed by atoms with Crippen molar-refractivity contribution in [1.82, 2.24) is 9.88 Å². The molecule has 1 aromatic heterocycles. The second kappa shape index (κ2) is 8.17. The molecule has 0 unspecified atom stereocenters. The number of rotatable bonds is 7. The third-order valence-corrected chi connectivity index (χ3v) is 3.73. The van der Waals surface area contributed by atoms with Crippen LogP contribution in [0, 0.1) is 0 Å². The predicted octanol–water partition coefficient (Wildman–Crippen LogP) is 2.69. The van der Waals surface area contributed by atoms with Crippen LogP contribution in [0.3, 0.4) is 0 Å². The van der Waals surface area contributed by atoms with Crippen LogP contribution in [-0.4, -0.2) is 28.9 Å². The summed E-state index contributed by atoms with van der Waals surface area (Å²) in [4.78, 5) is 18.3. The second-order valence-electron chi connectivity index (χ2n) is 5.32. The number of nitrogens with zero attached hydrogens (tertiary/aromatic N) is 2. The lowest BCUT2D eigenvalue weighted by Gasteiger charge is -2.21. The van der Waals surface area contributed by atoms with E-state index in [2.05, 4.69) is 4.98 Å². The van der Waals surface area contributed by atoms with Crippen molar-refractivity contribution in [2.75, 3.05) is 18.8 Å². The Balaban J connectivity index is 1.83. The fourth-order valence-electron chi connectivity index (χ4n) is 2.43. The van der Waals surface area contributed by atoms with Gasteiger partial charge < -0.3 is 10.6 Å². The van der Waals surface area contributed by atoms with Crippen LogP contribution < -0.4 is 5.73 Å². The van der Waals surface area contributed by atoms with Gasteiger partial charge >= 0.3 is 0 Å². The molecule has 1 amide bonds. The number of carbonyl (C=O) groups excluding carboxylic acids is 1. The third kappa shape index (κ3) is 4.88. The Morgan fingerprint density at radius 2 is 1.91 bits per heavy atom. The van der Waals surface area contributed by atoms with E-state index in [9.17, 15) is 4.79 Å². The van der Waals surface area contributed by atoms with Gasteiger partial charge in [0.25, 0.3) is 0 Å². The highest BCUT2D eigenvalue weighted by Gasteiger charge is 2.11. The number of nitrogen functional groups attached to an aromatic ring is 1. The average Bonchev–Trinajstić information content (AvgIpc) is 2.54. The zero-order chi connectivity index (χ0) is 15.8. The van der Waals surface area contributed by atoms with E-state index >= 15 is 0 Å². The minimum absolute atomic E-state index is 0.194. The highest BCUT2D eigenvalue weighted by molar-refractivity contribution is 5.76. The fourth-order valence-corrected chi connectivity index (χ4v) is 2.43. The van der Waals surface area contributed by atoms with Gasteiger partial charge in [0, 0.05) is 37.6 Å². The molecule has 2 rings (SSSR count). The van der Waals surface area contributed by atoms with Crippen LogP contribution in [0.15, 0.2) is 48.8 Å². The summed E-state index contributed by atoms with van der Waals surface area (Å²) in [7, 11) is 0. The van der Waals surface area contributed by atoms with E-state index in [0.717, 1.165) is 37.2 Å². The van der Waals surface area contributed by atoms with E-state index in [1.807, 2.05) is 48.2 Å². The number of hydrogen-bond acceptors (Lipinski definition) is 3. The van der Waals surface area contributed by atoms with Gasteiger partial charge in [0.2, 0.25) is 5.91 Å². The van der Waals surface area contributed by atoms with Crippen molar-refractivity contribution >= 4 is 11.6 Å². The quantitative estimate of drug-likeness (QED) is 0.799. The molecule has 0 saturated heterocycles. The van der Waals surface area contributed by atoms with Crippen LogP contribution in [0.1, 0.15) is 24.5 Å². The molecule has 4 heteroatoms. The molecule has 1 aromatic carbocycles. The van der Waals surface area contributed by atoms with Crippen LogP contribution in [0.4, 0.5) is 5.69 Å². The minimum atomic E-state index is 0.194. The number of benzene rings is 1. The summed E-state index contributed by atoms with van der Waals surface area (Å²) < 4.78 is 0. The highest BCUT2D eigenvalue weighted by Crippen LogP contribution is 2.10. The van der Waals surface area contributed by atoms with Crippen molar-refractivity contribution < 1.29 is 4.79 Å². The molecular weight excluding hydrogens is 274 g/mol. The molecule has 0 bridgehead atoms. The van der Waals surface area contributed by atoms with Gasteiger partial charge in [-0.2, -0.15) is 0 Å². The summed E-state index contributed by atoms with van der Waals surface area (Å²) in [5, 5.41) is 0. The maximum Gasteiger partial charge on any atom is 0.222 e. The van der Waals surface area contributed by atoms with E-state index in [-0.39, 0.29) is 5.91 Å². The summed E-state index contributed by atoms with van der Waals surface area (Å²) in [5.41, 5.74) is 8.82. The number of aryl methyl sites for hydroxylation is 1. The summed E-state index contributed by atoms with van der Waals surface area (Å²) in [5.74, 6) is 0.194. The van der Waals surface area contributed by atoms with Gasteiger partial charge in [-0.15, -0.1) is 0 Å². The first kappa shape index (κ1) is 16.0. The molecule has 2 aromatic rings. The molecule has 1 heterocycles. The normalized spacial score (nSPS) is 10.4. The number of hydrogen-bond donors (Lipinski definition) is 1. The van der Waals surface area contributed by atoms with Crippen molar-refractivity contribution in [3.63, 3.8) is 0 Å². The van der Waals surface area contributed by atoms with Crippen molar-refractivity contribution in [3.8, 4) is 0 Å². The summed E-state index contributed by atoms with van der Waals surface area (Å²) in [6.45, 7) is 3.50. The van der Waals surface area contributed by atoms with Gasteiger partial charge in [0.15, 0.2) is 0 Å².